The van der Waals surface area contributed by atoms with Gasteiger partial charge < -0.3 is 4.90 Å². The van der Waals surface area contributed by atoms with Crippen LogP contribution in [0.3, 0.4) is 0 Å². The first-order valence-electron chi connectivity index (χ1n) is 12.6. The van der Waals surface area contributed by atoms with E-state index in [9.17, 15) is 0 Å². The molecule has 6 aromatic rings. The third-order valence-corrected chi connectivity index (χ3v) is 6.63. The molecule has 1 aliphatic rings. The molecule has 0 N–H and O–H groups in total. The molecule has 0 spiro atoms. The Morgan fingerprint density at radius 3 is 1.16 bits per heavy atom. The van der Waals surface area contributed by atoms with Gasteiger partial charge in [-0.1, -0.05) is 103 Å². The standard InChI is InChI=1S/C33H23N5/c1-4-14-24(15-5-1)31-34-32(25-16-6-2-7-17-25)36-33(35-31)38-29-22-12-10-20-27(29)37(26-18-8-3-9-19-26)28-21-11-13-23-30(28)38/h1-23H. The van der Waals surface area contributed by atoms with Crippen molar-refractivity contribution < 1.29 is 0 Å². The Morgan fingerprint density at radius 2 is 0.711 bits per heavy atom. The molecule has 0 fully saturated rings. The minimum Gasteiger partial charge on any atom is -0.306 e. The second-order valence-electron chi connectivity index (χ2n) is 9.00. The number of benzene rings is 5. The van der Waals surface area contributed by atoms with Crippen LogP contribution < -0.4 is 9.80 Å². The van der Waals surface area contributed by atoms with Gasteiger partial charge in [0, 0.05) is 16.8 Å². The molecule has 38 heavy (non-hydrogen) atoms. The predicted octanol–water partition coefficient (Wildman–Crippen LogP) is 8.46. The summed E-state index contributed by atoms with van der Waals surface area (Å²) < 4.78 is 0. The lowest BCUT2D eigenvalue weighted by molar-refractivity contribution is 1.01. The van der Waals surface area contributed by atoms with Crippen LogP contribution >= 0.6 is 0 Å². The average Bonchev–Trinajstić information content (AvgIpc) is 3.01. The van der Waals surface area contributed by atoms with Gasteiger partial charge in [0.05, 0.1) is 22.7 Å². The molecular weight excluding hydrogens is 466 g/mol. The van der Waals surface area contributed by atoms with Crippen LogP contribution in [0.25, 0.3) is 22.8 Å². The summed E-state index contributed by atoms with van der Waals surface area (Å²) in [5.74, 6) is 1.84. The van der Waals surface area contributed by atoms with Crippen LogP contribution in [0, 0.1) is 0 Å². The predicted molar refractivity (Wildman–Crippen MR) is 154 cm³/mol. The van der Waals surface area contributed by atoms with E-state index in [0.29, 0.717) is 17.6 Å². The Morgan fingerprint density at radius 1 is 0.342 bits per heavy atom. The van der Waals surface area contributed by atoms with Crippen LogP contribution in [-0.2, 0) is 0 Å². The van der Waals surface area contributed by atoms with Crippen LogP contribution in [0.4, 0.5) is 34.4 Å². The summed E-state index contributed by atoms with van der Waals surface area (Å²) in [5.41, 5.74) is 7.09. The van der Waals surface area contributed by atoms with Gasteiger partial charge in [0.15, 0.2) is 11.6 Å². The molecule has 0 bridgehead atoms. The molecule has 0 amide bonds. The van der Waals surface area contributed by atoms with Crippen LogP contribution in [0.5, 0.6) is 0 Å². The summed E-state index contributed by atoms with van der Waals surface area (Å²) >= 11 is 0. The van der Waals surface area contributed by atoms with Crippen molar-refractivity contribution in [3.8, 4) is 22.8 Å². The fourth-order valence-corrected chi connectivity index (χ4v) is 4.91. The lowest BCUT2D eigenvalue weighted by Gasteiger charge is -2.39. The second kappa shape index (κ2) is 9.30. The topological polar surface area (TPSA) is 45.2 Å². The van der Waals surface area contributed by atoms with Gasteiger partial charge in [0.1, 0.15) is 0 Å². The number of hydrogen-bond donors (Lipinski definition) is 0. The Bertz CT molecular complexity index is 1610. The van der Waals surface area contributed by atoms with Crippen LogP contribution in [-0.4, -0.2) is 15.0 Å². The van der Waals surface area contributed by atoms with E-state index in [0.717, 1.165) is 39.6 Å². The molecule has 0 radical (unpaired) electrons. The summed E-state index contributed by atoms with van der Waals surface area (Å²) in [6.07, 6.45) is 0. The minimum atomic E-state index is 0.574. The lowest BCUT2D eigenvalue weighted by atomic mass is 10.1. The highest BCUT2D eigenvalue weighted by Crippen LogP contribution is 2.53. The Kier molecular flexibility index (Phi) is 5.37. The van der Waals surface area contributed by atoms with Crippen LogP contribution in [0.2, 0.25) is 0 Å². The number of para-hydroxylation sites is 5. The molecule has 5 nitrogen and oxygen atoms in total. The Hall–Kier alpha value is -5.29. The van der Waals surface area contributed by atoms with E-state index >= 15 is 0 Å². The highest BCUT2D eigenvalue weighted by molar-refractivity contribution is 6.00. The minimum absolute atomic E-state index is 0.574. The highest BCUT2D eigenvalue weighted by atomic mass is 15.3. The van der Waals surface area contributed by atoms with Gasteiger partial charge in [-0.05, 0) is 36.4 Å². The number of rotatable bonds is 4. The smallest absolute Gasteiger partial charge is 0.238 e. The first kappa shape index (κ1) is 21.9. The van der Waals surface area contributed by atoms with Gasteiger partial charge in [-0.15, -0.1) is 0 Å². The van der Waals surface area contributed by atoms with Gasteiger partial charge in [-0.3, -0.25) is 4.90 Å². The fourth-order valence-electron chi connectivity index (χ4n) is 4.91. The fraction of sp³-hybridized carbons (Fsp3) is 0. The third kappa shape index (κ3) is 3.78. The summed E-state index contributed by atoms with van der Waals surface area (Å²) in [5, 5.41) is 0. The summed E-state index contributed by atoms with van der Waals surface area (Å²) in [6.45, 7) is 0. The number of aromatic nitrogens is 3. The van der Waals surface area contributed by atoms with Crippen molar-refractivity contribution in [1.82, 2.24) is 15.0 Å². The highest BCUT2D eigenvalue weighted by Gasteiger charge is 2.32. The van der Waals surface area contributed by atoms with Crippen LogP contribution in [0.15, 0.2) is 140 Å². The summed E-state index contributed by atoms with van der Waals surface area (Å²) in [7, 11) is 0. The van der Waals surface area contributed by atoms with Crippen molar-refractivity contribution in [1.29, 1.82) is 0 Å². The molecule has 0 saturated carbocycles. The van der Waals surface area contributed by atoms with Gasteiger partial charge in [-0.25, -0.2) is 4.98 Å². The molecule has 0 unspecified atom stereocenters. The molecule has 7 rings (SSSR count). The normalized spacial score (nSPS) is 12.1. The maximum Gasteiger partial charge on any atom is 0.238 e. The molecule has 0 atom stereocenters. The zero-order valence-electron chi connectivity index (χ0n) is 20.5. The number of nitrogens with zero attached hydrogens (tertiary/aromatic N) is 5. The molecule has 180 valence electrons. The zero-order chi connectivity index (χ0) is 25.3. The van der Waals surface area contributed by atoms with Gasteiger partial charge >= 0.3 is 0 Å². The molecule has 2 heterocycles. The van der Waals surface area contributed by atoms with E-state index < -0.39 is 0 Å². The van der Waals surface area contributed by atoms with Crippen LogP contribution in [0.1, 0.15) is 0 Å². The maximum atomic E-state index is 5.03. The van der Waals surface area contributed by atoms with Crippen molar-refractivity contribution in [3.63, 3.8) is 0 Å². The first-order chi connectivity index (χ1) is 18.9. The lowest BCUT2D eigenvalue weighted by Crippen LogP contribution is -2.25. The molecule has 1 aliphatic heterocycles. The van der Waals surface area contributed by atoms with Crippen molar-refractivity contribution in [2.24, 2.45) is 0 Å². The molecule has 0 aliphatic carbocycles. The van der Waals surface area contributed by atoms with Crippen molar-refractivity contribution in [2.75, 3.05) is 9.80 Å². The van der Waals surface area contributed by atoms with E-state index in [-0.39, 0.29) is 0 Å². The van der Waals surface area contributed by atoms with Crippen molar-refractivity contribution in [3.05, 3.63) is 140 Å². The van der Waals surface area contributed by atoms with Gasteiger partial charge in [0.2, 0.25) is 5.95 Å². The van der Waals surface area contributed by atoms with E-state index in [1.54, 1.807) is 0 Å². The summed E-state index contributed by atoms with van der Waals surface area (Å²) in [6, 6.07) is 47.3. The van der Waals surface area contributed by atoms with Gasteiger partial charge in [0.25, 0.3) is 0 Å². The zero-order valence-corrected chi connectivity index (χ0v) is 20.5. The molecule has 1 aromatic heterocycles. The quantitative estimate of drug-likeness (QED) is 0.248. The Labute approximate surface area is 221 Å². The third-order valence-electron chi connectivity index (χ3n) is 6.63. The number of fused-ring (bicyclic) bond motifs is 2. The Balaban J connectivity index is 1.48. The van der Waals surface area contributed by atoms with Crippen molar-refractivity contribution >= 4 is 34.4 Å². The van der Waals surface area contributed by atoms with Crippen molar-refractivity contribution in [2.45, 2.75) is 0 Å². The second-order valence-corrected chi connectivity index (χ2v) is 9.00. The molecular formula is C33H23N5. The SMILES string of the molecule is c1ccc(-c2nc(-c3ccccc3)nc(N3c4ccccc4N(c4ccccc4)c4ccccc43)n2)cc1. The maximum absolute atomic E-state index is 5.03. The van der Waals surface area contributed by atoms with Gasteiger partial charge in [-0.2, -0.15) is 9.97 Å². The first-order valence-corrected chi connectivity index (χ1v) is 12.6. The molecule has 0 saturated heterocycles. The average molecular weight is 490 g/mol. The summed E-state index contributed by atoms with van der Waals surface area (Å²) in [4.78, 5) is 19.4. The van der Waals surface area contributed by atoms with E-state index in [2.05, 4.69) is 82.6 Å². The number of hydrogen-bond acceptors (Lipinski definition) is 5. The monoisotopic (exact) mass is 489 g/mol. The number of anilines is 6. The largest absolute Gasteiger partial charge is 0.306 e. The van der Waals surface area contributed by atoms with E-state index in [4.69, 9.17) is 15.0 Å². The molecule has 5 heteroatoms. The van der Waals surface area contributed by atoms with E-state index in [1.165, 1.54) is 0 Å². The van der Waals surface area contributed by atoms with E-state index in [1.807, 2.05) is 66.7 Å². The molecule has 5 aromatic carbocycles.